The van der Waals surface area contributed by atoms with Gasteiger partial charge in [0.1, 0.15) is 5.82 Å². The third-order valence-corrected chi connectivity index (χ3v) is 3.37. The molecule has 0 unspecified atom stereocenters. The Kier molecular flexibility index (Phi) is 3.21. The Labute approximate surface area is 116 Å². The Morgan fingerprint density at radius 2 is 2.00 bits per heavy atom. The zero-order valence-corrected chi connectivity index (χ0v) is 11.2. The number of rotatable bonds is 3. The highest BCUT2D eigenvalue weighted by Gasteiger charge is 2.12. The highest BCUT2D eigenvalue weighted by molar-refractivity contribution is 6.12. The molecule has 20 heavy (non-hydrogen) atoms. The van der Waals surface area contributed by atoms with E-state index in [1.54, 1.807) is 6.20 Å². The van der Waals surface area contributed by atoms with Gasteiger partial charge in [0.05, 0.1) is 6.20 Å². The molecule has 0 atom stereocenters. The molecular weight excluding hydrogens is 250 g/mol. The Morgan fingerprint density at radius 1 is 1.20 bits per heavy atom. The van der Waals surface area contributed by atoms with Crippen LogP contribution >= 0.6 is 0 Å². The maximum Gasteiger partial charge on any atom is 0.257 e. The molecule has 1 amide bonds. The topological polar surface area (TPSA) is 57.8 Å². The van der Waals surface area contributed by atoms with Crippen molar-refractivity contribution in [2.75, 3.05) is 5.32 Å². The van der Waals surface area contributed by atoms with Crippen molar-refractivity contribution in [3.8, 4) is 0 Å². The van der Waals surface area contributed by atoms with E-state index in [-0.39, 0.29) is 5.91 Å². The average Bonchev–Trinajstić information content (AvgIpc) is 2.93. The van der Waals surface area contributed by atoms with Crippen molar-refractivity contribution in [2.45, 2.75) is 13.3 Å². The minimum absolute atomic E-state index is 0.124. The predicted octanol–water partition coefficient (Wildman–Crippen LogP) is 3.38. The smallest absolute Gasteiger partial charge is 0.257 e. The van der Waals surface area contributed by atoms with Crippen LogP contribution in [-0.4, -0.2) is 16.1 Å². The highest BCUT2D eigenvalue weighted by Crippen LogP contribution is 2.20. The molecule has 0 radical (unpaired) electrons. The van der Waals surface area contributed by atoms with Crippen LogP contribution in [0.2, 0.25) is 0 Å². The number of amides is 1. The van der Waals surface area contributed by atoms with E-state index in [0.29, 0.717) is 11.4 Å². The Balaban J connectivity index is 1.97. The number of benzene rings is 2. The first-order chi connectivity index (χ1) is 9.79. The summed E-state index contributed by atoms with van der Waals surface area (Å²) in [6.45, 7) is 2.03. The van der Waals surface area contributed by atoms with Crippen molar-refractivity contribution >= 4 is 22.5 Å². The van der Waals surface area contributed by atoms with Gasteiger partial charge in [-0.2, -0.15) is 5.10 Å². The first-order valence-electron chi connectivity index (χ1n) is 6.61. The Bertz CT molecular complexity index is 756. The summed E-state index contributed by atoms with van der Waals surface area (Å²) in [6.07, 6.45) is 2.56. The molecule has 2 N–H and O–H groups in total. The van der Waals surface area contributed by atoms with Gasteiger partial charge in [-0.1, -0.05) is 43.3 Å². The zero-order chi connectivity index (χ0) is 13.9. The molecule has 0 saturated carbocycles. The molecular formula is C16H15N3O. The van der Waals surface area contributed by atoms with Crippen LogP contribution in [0.4, 0.5) is 5.82 Å². The molecule has 100 valence electrons. The van der Waals surface area contributed by atoms with Crippen LogP contribution in [0.5, 0.6) is 0 Å². The zero-order valence-electron chi connectivity index (χ0n) is 11.2. The molecule has 4 heteroatoms. The van der Waals surface area contributed by atoms with Crippen molar-refractivity contribution in [1.82, 2.24) is 10.2 Å². The van der Waals surface area contributed by atoms with E-state index in [2.05, 4.69) is 15.5 Å². The van der Waals surface area contributed by atoms with Gasteiger partial charge in [-0.05, 0) is 23.3 Å². The van der Waals surface area contributed by atoms with Gasteiger partial charge in [0.15, 0.2) is 0 Å². The molecule has 2 aromatic carbocycles. The summed E-state index contributed by atoms with van der Waals surface area (Å²) in [5, 5.41) is 11.7. The summed E-state index contributed by atoms with van der Waals surface area (Å²) < 4.78 is 0. The second-order valence-electron chi connectivity index (χ2n) is 4.60. The fraction of sp³-hybridized carbons (Fsp3) is 0.125. The number of nitrogens with zero attached hydrogens (tertiary/aromatic N) is 1. The maximum absolute atomic E-state index is 12.4. The van der Waals surface area contributed by atoms with Crippen LogP contribution in [0, 0.1) is 0 Å². The lowest BCUT2D eigenvalue weighted by Gasteiger charge is -2.07. The van der Waals surface area contributed by atoms with Crippen molar-refractivity contribution in [3.05, 3.63) is 59.8 Å². The number of fused-ring (bicyclic) bond motifs is 1. The first-order valence-corrected chi connectivity index (χ1v) is 6.61. The van der Waals surface area contributed by atoms with Crippen molar-refractivity contribution in [2.24, 2.45) is 0 Å². The molecule has 1 heterocycles. The first kappa shape index (κ1) is 12.4. The molecule has 0 bridgehead atoms. The van der Waals surface area contributed by atoms with Crippen molar-refractivity contribution < 1.29 is 4.79 Å². The molecule has 0 saturated heterocycles. The number of carbonyl (C=O) groups excluding carboxylic acids is 1. The number of hydrogen-bond donors (Lipinski definition) is 2. The van der Waals surface area contributed by atoms with Crippen molar-refractivity contribution in [1.29, 1.82) is 0 Å². The van der Waals surface area contributed by atoms with E-state index < -0.39 is 0 Å². The van der Waals surface area contributed by atoms with Crippen LogP contribution in [0.15, 0.2) is 48.7 Å². The number of aryl methyl sites for hydroxylation is 1. The molecule has 0 aliphatic carbocycles. The quantitative estimate of drug-likeness (QED) is 0.762. The maximum atomic E-state index is 12.4. The summed E-state index contributed by atoms with van der Waals surface area (Å²) in [4.78, 5) is 12.4. The third kappa shape index (κ3) is 2.16. The van der Waals surface area contributed by atoms with Crippen LogP contribution in [0.3, 0.4) is 0 Å². The second-order valence-corrected chi connectivity index (χ2v) is 4.60. The van der Waals surface area contributed by atoms with E-state index in [1.165, 1.54) is 0 Å². The van der Waals surface area contributed by atoms with Crippen LogP contribution < -0.4 is 5.32 Å². The molecule has 3 rings (SSSR count). The monoisotopic (exact) mass is 265 g/mol. The molecule has 1 aromatic heterocycles. The number of hydrogen-bond acceptors (Lipinski definition) is 2. The van der Waals surface area contributed by atoms with Crippen LogP contribution in [-0.2, 0) is 6.42 Å². The normalized spacial score (nSPS) is 10.7. The summed E-state index contributed by atoms with van der Waals surface area (Å²) in [5.41, 5.74) is 1.67. The summed E-state index contributed by atoms with van der Waals surface area (Å²) >= 11 is 0. The van der Waals surface area contributed by atoms with Gasteiger partial charge in [-0.25, -0.2) is 0 Å². The fourth-order valence-electron chi connectivity index (χ4n) is 2.29. The lowest BCUT2D eigenvalue weighted by molar-refractivity contribution is 0.102. The summed E-state index contributed by atoms with van der Waals surface area (Å²) in [5.74, 6) is 0.547. The van der Waals surface area contributed by atoms with Gasteiger partial charge >= 0.3 is 0 Å². The molecule has 0 aliphatic heterocycles. The number of carbonyl (C=O) groups is 1. The van der Waals surface area contributed by atoms with Gasteiger partial charge in [-0.15, -0.1) is 0 Å². The number of H-pyrrole nitrogens is 1. The Hall–Kier alpha value is -2.62. The van der Waals surface area contributed by atoms with Crippen LogP contribution in [0.1, 0.15) is 22.8 Å². The molecule has 0 spiro atoms. The Morgan fingerprint density at radius 3 is 2.85 bits per heavy atom. The standard InChI is InChI=1S/C16H15N3O/c1-2-11-10-17-19-15(11)18-16(20)14-9-5-7-12-6-3-4-8-13(12)14/h3-10H,2H2,1H3,(H2,17,18,19,20). The lowest BCUT2D eigenvalue weighted by atomic mass is 10.0. The van der Waals surface area contributed by atoms with E-state index in [9.17, 15) is 4.79 Å². The summed E-state index contributed by atoms with van der Waals surface area (Å²) in [7, 11) is 0. The SMILES string of the molecule is CCc1cn[nH]c1NC(=O)c1cccc2ccccc12. The van der Waals surface area contributed by atoms with E-state index in [1.807, 2.05) is 49.4 Å². The number of anilines is 1. The van der Waals surface area contributed by atoms with Gasteiger partial charge in [0, 0.05) is 11.1 Å². The van der Waals surface area contributed by atoms with E-state index in [4.69, 9.17) is 0 Å². The van der Waals surface area contributed by atoms with Gasteiger partial charge in [-0.3, -0.25) is 9.89 Å². The number of aromatic amines is 1. The van der Waals surface area contributed by atoms with E-state index >= 15 is 0 Å². The number of nitrogens with one attached hydrogen (secondary N) is 2. The lowest BCUT2D eigenvalue weighted by Crippen LogP contribution is -2.13. The summed E-state index contributed by atoms with van der Waals surface area (Å²) in [6, 6.07) is 13.6. The van der Waals surface area contributed by atoms with Gasteiger partial charge in [0.2, 0.25) is 0 Å². The minimum atomic E-state index is -0.124. The van der Waals surface area contributed by atoms with E-state index in [0.717, 1.165) is 22.8 Å². The van der Waals surface area contributed by atoms with Crippen molar-refractivity contribution in [3.63, 3.8) is 0 Å². The highest BCUT2D eigenvalue weighted by atomic mass is 16.1. The minimum Gasteiger partial charge on any atom is -0.307 e. The fourth-order valence-corrected chi connectivity index (χ4v) is 2.29. The van der Waals surface area contributed by atoms with Gasteiger partial charge < -0.3 is 5.32 Å². The number of aromatic nitrogens is 2. The molecule has 3 aromatic rings. The molecule has 0 fully saturated rings. The molecule has 4 nitrogen and oxygen atoms in total. The third-order valence-electron chi connectivity index (χ3n) is 3.37. The predicted molar refractivity (Wildman–Crippen MR) is 79.9 cm³/mol. The largest absolute Gasteiger partial charge is 0.307 e. The average molecular weight is 265 g/mol. The van der Waals surface area contributed by atoms with Gasteiger partial charge in [0.25, 0.3) is 5.91 Å². The second kappa shape index (κ2) is 5.17. The van der Waals surface area contributed by atoms with Crippen LogP contribution in [0.25, 0.3) is 10.8 Å². The molecule has 0 aliphatic rings.